The van der Waals surface area contributed by atoms with E-state index in [2.05, 4.69) is 0 Å². The molecule has 2 N–H and O–H groups in total. The SMILES string of the molecule is OCCO.[Cl][Ce]. The summed E-state index contributed by atoms with van der Waals surface area (Å²) in [6.07, 6.45) is 0. The van der Waals surface area contributed by atoms with E-state index in [-0.39, 0.29) is 13.2 Å². The van der Waals surface area contributed by atoms with Crippen molar-refractivity contribution in [2.45, 2.75) is 0 Å². The Morgan fingerprint density at radius 2 is 1.33 bits per heavy atom. The second-order valence-corrected chi connectivity index (χ2v) is 0.447. The summed E-state index contributed by atoms with van der Waals surface area (Å²) in [6, 6.07) is 0. The van der Waals surface area contributed by atoms with Crippen molar-refractivity contribution in [1.29, 1.82) is 0 Å². The van der Waals surface area contributed by atoms with Gasteiger partial charge in [-0.25, -0.2) is 0 Å². The standard InChI is InChI=1S/C2H6O2.Ce.ClH/c3-1-2-4;;/h3-4H,1-2H2;;1H/q;+1;/p-1. The quantitative estimate of drug-likeness (QED) is 0.655. The van der Waals surface area contributed by atoms with Crippen LogP contribution in [0.3, 0.4) is 0 Å². The van der Waals surface area contributed by atoms with Crippen LogP contribution in [-0.2, 0) is 0 Å². The van der Waals surface area contributed by atoms with Crippen molar-refractivity contribution >= 4 is 5.63 Å². The molecule has 0 aromatic carbocycles. The van der Waals surface area contributed by atoms with Crippen molar-refractivity contribution in [3.63, 3.8) is 0 Å². The molecule has 0 bridgehead atoms. The zero-order chi connectivity index (χ0) is 5.41. The van der Waals surface area contributed by atoms with Gasteiger partial charge in [0.25, 0.3) is 0 Å². The Balaban J connectivity index is 0. The first kappa shape index (κ1) is 10.5. The van der Waals surface area contributed by atoms with Gasteiger partial charge < -0.3 is 10.2 Å². The summed E-state index contributed by atoms with van der Waals surface area (Å²) in [5.41, 5.74) is 4.78. The molecule has 6 heavy (non-hydrogen) atoms. The van der Waals surface area contributed by atoms with Crippen LogP contribution >= 0.6 is 5.63 Å². The maximum atomic E-state index is 7.62. The topological polar surface area (TPSA) is 40.5 Å². The first-order valence-electron chi connectivity index (χ1n) is 1.32. The second-order valence-electron chi connectivity index (χ2n) is 0.447. The van der Waals surface area contributed by atoms with Gasteiger partial charge in [-0.15, -0.1) is 0 Å². The fourth-order valence-corrected chi connectivity index (χ4v) is 0. The van der Waals surface area contributed by atoms with Gasteiger partial charge in [-0.05, 0) is 0 Å². The van der Waals surface area contributed by atoms with E-state index in [4.69, 9.17) is 15.8 Å². The molecular weight excluding hydrogens is 232 g/mol. The van der Waals surface area contributed by atoms with E-state index in [1.165, 1.54) is 0 Å². The maximum absolute atomic E-state index is 7.62. The van der Waals surface area contributed by atoms with Crippen LogP contribution in [0.15, 0.2) is 0 Å². The zero-order valence-electron chi connectivity index (χ0n) is 3.19. The van der Waals surface area contributed by atoms with E-state index >= 15 is 0 Å². The Labute approximate surface area is 66.3 Å². The molecule has 0 atom stereocenters. The number of hydrogen-bond donors (Lipinski definition) is 2. The Kier molecular flexibility index (Phi) is 28.1. The number of rotatable bonds is 1. The van der Waals surface area contributed by atoms with Gasteiger partial charge in [0, 0.05) is 0 Å². The summed E-state index contributed by atoms with van der Waals surface area (Å²) in [7, 11) is 0. The monoisotopic (exact) mass is 237 g/mol. The Morgan fingerprint density at radius 1 is 1.17 bits per heavy atom. The summed E-state index contributed by atoms with van der Waals surface area (Å²) in [6.45, 7) is -0.250. The predicted octanol–water partition coefficient (Wildman–Crippen LogP) is -0.340. The van der Waals surface area contributed by atoms with Crippen molar-refractivity contribution in [1.82, 2.24) is 0 Å². The molecule has 0 saturated heterocycles. The van der Waals surface area contributed by atoms with Gasteiger partial charge in [-0.2, -0.15) is 0 Å². The number of aliphatic hydroxyl groups is 2. The van der Waals surface area contributed by atoms with Gasteiger partial charge in [0.1, 0.15) is 0 Å². The van der Waals surface area contributed by atoms with Crippen LogP contribution in [0.5, 0.6) is 0 Å². The third-order valence-electron chi connectivity index (χ3n) is 0.1000. The van der Waals surface area contributed by atoms with Crippen molar-refractivity contribution < 1.29 is 48.3 Å². The predicted molar refractivity (Wildman–Crippen MR) is 20.0 cm³/mol. The molecule has 0 heterocycles. The van der Waals surface area contributed by atoms with E-state index in [9.17, 15) is 0 Å². The third-order valence-corrected chi connectivity index (χ3v) is 0.1000. The normalized spacial score (nSPS) is 5.67. The molecule has 0 rings (SSSR count). The minimum absolute atomic E-state index is 0.125. The van der Waals surface area contributed by atoms with Gasteiger partial charge >= 0.3 is 43.7 Å². The van der Waals surface area contributed by atoms with E-state index in [1.807, 2.05) is 0 Å². The molecule has 37 valence electrons. The van der Waals surface area contributed by atoms with E-state index in [1.54, 1.807) is 0 Å². The molecule has 2 nitrogen and oxygen atoms in total. The molecule has 0 fully saturated rings. The summed E-state index contributed by atoms with van der Waals surface area (Å²) < 4.78 is 0. The second kappa shape index (κ2) is 16.0. The summed E-state index contributed by atoms with van der Waals surface area (Å²) in [5, 5.41) is 15.2. The number of aliphatic hydroxyl groups excluding tert-OH is 2. The molecule has 0 aliphatic heterocycles. The molecule has 0 radical (unpaired) electrons. The van der Waals surface area contributed by atoms with Gasteiger partial charge in [-0.1, -0.05) is 0 Å². The molecular formula is C2H6CeClO2. The molecule has 4 heteroatoms. The molecule has 0 aliphatic carbocycles. The Hall–Kier alpha value is 1.59. The minimum atomic E-state index is -0.125. The summed E-state index contributed by atoms with van der Waals surface area (Å²) >= 11 is 0.778. The summed E-state index contributed by atoms with van der Waals surface area (Å²) in [4.78, 5) is 0. The van der Waals surface area contributed by atoms with E-state index in [0.29, 0.717) is 0 Å². The van der Waals surface area contributed by atoms with Crippen LogP contribution in [0.25, 0.3) is 0 Å². The molecule has 0 saturated carbocycles. The van der Waals surface area contributed by atoms with Crippen LogP contribution < -0.4 is 0 Å². The first-order valence-corrected chi connectivity index (χ1v) is 5.26. The molecule has 0 unspecified atom stereocenters. The Bertz CT molecular complexity index is 13.5. The van der Waals surface area contributed by atoms with Crippen molar-refractivity contribution in [2.24, 2.45) is 0 Å². The van der Waals surface area contributed by atoms with Crippen LogP contribution in [0.4, 0.5) is 0 Å². The van der Waals surface area contributed by atoms with Crippen molar-refractivity contribution in [3.8, 4) is 0 Å². The van der Waals surface area contributed by atoms with Gasteiger partial charge in [0.2, 0.25) is 0 Å². The number of halogens is 1. The Morgan fingerprint density at radius 3 is 1.33 bits per heavy atom. The molecule has 0 aromatic heterocycles. The molecule has 0 spiro atoms. The average Bonchev–Trinajstić information content (AvgIpc) is 1.72. The van der Waals surface area contributed by atoms with Gasteiger partial charge in [-0.3, -0.25) is 0 Å². The van der Waals surface area contributed by atoms with Crippen LogP contribution in [-0.4, -0.2) is 23.4 Å². The first-order chi connectivity index (χ1) is 2.91. The van der Waals surface area contributed by atoms with E-state index < -0.39 is 0 Å². The van der Waals surface area contributed by atoms with Crippen molar-refractivity contribution in [3.05, 3.63) is 0 Å². The van der Waals surface area contributed by atoms with Crippen LogP contribution in [0.2, 0.25) is 0 Å². The molecule has 0 aliphatic rings. The molecule has 0 amide bonds. The van der Waals surface area contributed by atoms with Crippen molar-refractivity contribution in [2.75, 3.05) is 13.2 Å². The van der Waals surface area contributed by atoms with Gasteiger partial charge in [0.15, 0.2) is 0 Å². The van der Waals surface area contributed by atoms with Gasteiger partial charge in [0.05, 0.1) is 13.2 Å². The van der Waals surface area contributed by atoms with Crippen LogP contribution in [0, 0.1) is 38.1 Å². The molecule has 0 aromatic rings. The number of hydrogen-bond acceptors (Lipinski definition) is 2. The summed E-state index contributed by atoms with van der Waals surface area (Å²) in [5.74, 6) is 0. The average molecular weight is 238 g/mol. The fraction of sp³-hybridized carbons (Fsp3) is 1.00. The fourth-order valence-electron chi connectivity index (χ4n) is 0. The zero-order valence-corrected chi connectivity index (χ0v) is 7.08. The third kappa shape index (κ3) is 17.6. The van der Waals surface area contributed by atoms with Crippen LogP contribution in [0.1, 0.15) is 0 Å². The van der Waals surface area contributed by atoms with E-state index in [0.717, 1.165) is 38.1 Å².